The van der Waals surface area contributed by atoms with Gasteiger partial charge in [0.1, 0.15) is 24.3 Å². The summed E-state index contributed by atoms with van der Waals surface area (Å²) in [5.41, 5.74) is 8.10. The van der Waals surface area contributed by atoms with Crippen molar-refractivity contribution in [1.29, 1.82) is 0 Å². The molecular weight excluding hydrogens is 570 g/mol. The van der Waals surface area contributed by atoms with E-state index in [1.54, 1.807) is 11.8 Å². The lowest BCUT2D eigenvalue weighted by molar-refractivity contribution is 0.0180. The lowest BCUT2D eigenvalue weighted by atomic mass is 9.94. The molecule has 10 nitrogen and oxygen atoms in total. The lowest BCUT2D eigenvalue weighted by Gasteiger charge is -2.33. The molecule has 5 rings (SSSR count). The first-order valence-electron chi connectivity index (χ1n) is 12.9. The zero-order chi connectivity index (χ0) is 27.0. The van der Waals surface area contributed by atoms with Gasteiger partial charge in [-0.2, -0.15) is 0 Å². The maximum Gasteiger partial charge on any atom is 0.410 e. The Balaban J connectivity index is 1.33. The number of likely N-dealkylation sites (N-methyl/N-ethyl adjacent to an activating group) is 1. The first-order valence-corrected chi connectivity index (χ1v) is 14.5. The fraction of sp³-hybridized carbons (Fsp3) is 0.538. The maximum atomic E-state index is 12.4. The smallest absolute Gasteiger partial charge is 0.410 e. The molecule has 0 spiro atoms. The van der Waals surface area contributed by atoms with Crippen molar-refractivity contribution >= 4 is 56.5 Å². The third-order valence-corrected chi connectivity index (χ3v) is 8.83. The Labute approximate surface area is 235 Å². The van der Waals surface area contributed by atoms with Crippen LogP contribution in [-0.2, 0) is 11.3 Å². The number of carbonyl (C=O) groups is 1. The second-order valence-corrected chi connectivity index (χ2v) is 12.7. The normalized spacial score (nSPS) is 16.4. The van der Waals surface area contributed by atoms with Crippen molar-refractivity contribution in [2.24, 2.45) is 5.92 Å². The number of nitrogen functional groups attached to an aromatic ring is 1. The van der Waals surface area contributed by atoms with Crippen LogP contribution in [0.1, 0.15) is 40.0 Å². The summed E-state index contributed by atoms with van der Waals surface area (Å²) in [5, 5.41) is 0.809. The average Bonchev–Trinajstić information content (AvgIpc) is 3.21. The molecule has 38 heavy (non-hydrogen) atoms. The van der Waals surface area contributed by atoms with Crippen LogP contribution in [0.15, 0.2) is 33.0 Å². The second kappa shape index (κ2) is 10.8. The topological polar surface area (TPSA) is 112 Å². The Morgan fingerprint density at radius 3 is 2.74 bits per heavy atom. The van der Waals surface area contributed by atoms with Crippen molar-refractivity contribution < 1.29 is 14.3 Å². The third-order valence-electron chi connectivity index (χ3n) is 6.86. The number of halogens is 1. The van der Waals surface area contributed by atoms with Gasteiger partial charge in [0.15, 0.2) is 22.1 Å². The molecule has 2 aromatic heterocycles. The molecule has 3 aromatic rings. The van der Waals surface area contributed by atoms with Gasteiger partial charge in [0.25, 0.3) is 0 Å². The first-order chi connectivity index (χ1) is 18.1. The van der Waals surface area contributed by atoms with Gasteiger partial charge >= 0.3 is 6.09 Å². The van der Waals surface area contributed by atoms with E-state index in [0.29, 0.717) is 36.9 Å². The number of hydrogen-bond acceptors (Lipinski definition) is 9. The molecule has 0 saturated carbocycles. The van der Waals surface area contributed by atoms with Crippen molar-refractivity contribution in [3.8, 4) is 5.75 Å². The molecule has 12 heteroatoms. The molecule has 1 amide bonds. The Bertz CT molecular complexity index is 1330. The van der Waals surface area contributed by atoms with Crippen LogP contribution in [0.5, 0.6) is 5.75 Å². The summed E-state index contributed by atoms with van der Waals surface area (Å²) < 4.78 is 14.6. The van der Waals surface area contributed by atoms with Crippen molar-refractivity contribution in [3.05, 3.63) is 22.9 Å². The minimum Gasteiger partial charge on any atom is -0.490 e. The van der Waals surface area contributed by atoms with Gasteiger partial charge < -0.3 is 29.6 Å². The number of aryl methyl sites for hydroxylation is 1. The number of benzene rings is 1. The number of piperidine rings is 1. The Morgan fingerprint density at radius 2 is 2.00 bits per heavy atom. The van der Waals surface area contributed by atoms with E-state index in [1.165, 1.54) is 6.33 Å². The average molecular weight is 605 g/mol. The monoisotopic (exact) mass is 603 g/mol. The van der Waals surface area contributed by atoms with E-state index >= 15 is 0 Å². The summed E-state index contributed by atoms with van der Waals surface area (Å²) in [6.07, 6.45) is 4.08. The van der Waals surface area contributed by atoms with E-state index in [0.717, 1.165) is 64.0 Å². The number of nitrogens with zero attached hydrogens (tertiary/aromatic N) is 6. The van der Waals surface area contributed by atoms with Crippen LogP contribution in [0.4, 0.5) is 16.3 Å². The zero-order valence-corrected chi connectivity index (χ0v) is 24.6. The highest BCUT2D eigenvalue weighted by atomic mass is 79.9. The van der Waals surface area contributed by atoms with Gasteiger partial charge in [-0.3, -0.25) is 0 Å². The van der Waals surface area contributed by atoms with E-state index < -0.39 is 5.60 Å². The minimum absolute atomic E-state index is 0.229. The number of carbonyl (C=O) groups excluding carboxylic acids is 1. The number of nitrogens with two attached hydrogens (primary N) is 1. The largest absolute Gasteiger partial charge is 0.490 e. The molecule has 0 bridgehead atoms. The van der Waals surface area contributed by atoms with Gasteiger partial charge in [0, 0.05) is 36.1 Å². The van der Waals surface area contributed by atoms with E-state index in [4.69, 9.17) is 20.2 Å². The number of likely N-dealkylation sites (tertiary alicyclic amines) is 1. The number of ether oxygens (including phenoxy) is 2. The predicted molar refractivity (Wildman–Crippen MR) is 152 cm³/mol. The van der Waals surface area contributed by atoms with E-state index in [-0.39, 0.29) is 6.09 Å². The van der Waals surface area contributed by atoms with Crippen LogP contribution in [0.2, 0.25) is 0 Å². The fourth-order valence-corrected chi connectivity index (χ4v) is 6.30. The molecule has 2 N–H and O–H groups in total. The van der Waals surface area contributed by atoms with Gasteiger partial charge in [-0.05, 0) is 74.0 Å². The highest BCUT2D eigenvalue weighted by Gasteiger charge is 2.27. The predicted octanol–water partition coefficient (Wildman–Crippen LogP) is 5.19. The molecule has 0 aliphatic carbocycles. The number of fused-ring (bicyclic) bond motifs is 2. The van der Waals surface area contributed by atoms with Crippen LogP contribution in [0, 0.1) is 5.92 Å². The van der Waals surface area contributed by atoms with E-state index in [9.17, 15) is 4.79 Å². The van der Waals surface area contributed by atoms with Crippen molar-refractivity contribution in [2.75, 3.05) is 43.9 Å². The molecule has 1 fully saturated rings. The molecule has 0 atom stereocenters. The minimum atomic E-state index is -0.483. The van der Waals surface area contributed by atoms with Crippen LogP contribution in [-0.4, -0.2) is 69.4 Å². The van der Waals surface area contributed by atoms with Crippen molar-refractivity contribution in [2.45, 2.75) is 62.2 Å². The standard InChI is InChI=1S/C26H34BrN7O3S/c1-26(2,3)37-25(35)33-8-5-16(6-9-33)7-10-34-23-21(22(28)29-15-30-23)31-24(34)38-20-14-19-18(13-17(20)27)32(4)11-12-36-19/h13-16H,5-12H2,1-4H3,(H2,28,29,30). The number of imidazole rings is 1. The highest BCUT2D eigenvalue weighted by Crippen LogP contribution is 2.42. The van der Waals surface area contributed by atoms with E-state index in [2.05, 4.69) is 54.5 Å². The van der Waals surface area contributed by atoms with Crippen LogP contribution in [0.3, 0.4) is 0 Å². The Kier molecular flexibility index (Phi) is 7.63. The molecule has 1 saturated heterocycles. The number of amides is 1. The third kappa shape index (κ3) is 5.80. The molecule has 1 aromatic carbocycles. The lowest BCUT2D eigenvalue weighted by Crippen LogP contribution is -2.41. The molecule has 2 aliphatic rings. The quantitative estimate of drug-likeness (QED) is 0.421. The summed E-state index contributed by atoms with van der Waals surface area (Å²) in [6.45, 7) is 9.36. The van der Waals surface area contributed by atoms with Gasteiger partial charge in [0.2, 0.25) is 0 Å². The number of anilines is 2. The van der Waals surface area contributed by atoms with Crippen molar-refractivity contribution in [3.63, 3.8) is 0 Å². The van der Waals surface area contributed by atoms with E-state index in [1.807, 2.05) is 25.7 Å². The summed E-state index contributed by atoms with van der Waals surface area (Å²) in [7, 11) is 2.07. The van der Waals surface area contributed by atoms with Crippen LogP contribution >= 0.6 is 27.7 Å². The molecular formula is C26H34BrN7O3S. The molecule has 0 unspecified atom stereocenters. The highest BCUT2D eigenvalue weighted by molar-refractivity contribution is 9.10. The molecule has 0 radical (unpaired) electrons. The first kappa shape index (κ1) is 26.9. The number of rotatable bonds is 5. The zero-order valence-electron chi connectivity index (χ0n) is 22.2. The summed E-state index contributed by atoms with van der Waals surface area (Å²) in [6, 6.07) is 4.15. The SMILES string of the molecule is CN1CCOc2cc(Sc3nc4c(N)ncnc4n3CCC3CCN(C(=O)OC(C)(C)C)CC3)c(Br)cc21. The maximum absolute atomic E-state index is 12.4. The molecule has 204 valence electrons. The number of hydrogen-bond donors (Lipinski definition) is 1. The van der Waals surface area contributed by atoms with Crippen LogP contribution in [0.25, 0.3) is 11.2 Å². The van der Waals surface area contributed by atoms with Gasteiger partial charge in [0.05, 0.1) is 12.2 Å². The Morgan fingerprint density at radius 1 is 1.24 bits per heavy atom. The Hall–Kier alpha value is -2.73. The van der Waals surface area contributed by atoms with Gasteiger partial charge in [-0.25, -0.2) is 19.7 Å². The fourth-order valence-electron chi connectivity index (χ4n) is 4.78. The summed E-state index contributed by atoms with van der Waals surface area (Å²) >= 11 is 5.30. The number of aromatic nitrogens is 4. The van der Waals surface area contributed by atoms with Gasteiger partial charge in [-0.15, -0.1) is 0 Å². The summed E-state index contributed by atoms with van der Waals surface area (Å²) in [4.78, 5) is 31.0. The van der Waals surface area contributed by atoms with Crippen LogP contribution < -0.4 is 15.4 Å². The summed E-state index contributed by atoms with van der Waals surface area (Å²) in [5.74, 6) is 1.72. The molecule has 2 aliphatic heterocycles. The van der Waals surface area contributed by atoms with Gasteiger partial charge in [-0.1, -0.05) is 11.8 Å². The second-order valence-electron chi connectivity index (χ2n) is 10.8. The molecule has 4 heterocycles. The van der Waals surface area contributed by atoms with Crippen molar-refractivity contribution in [1.82, 2.24) is 24.4 Å².